The van der Waals surface area contributed by atoms with Gasteiger partial charge in [0.1, 0.15) is 0 Å². The van der Waals surface area contributed by atoms with E-state index in [4.69, 9.17) is 4.98 Å². The molecule has 0 N–H and O–H groups in total. The minimum atomic E-state index is 0.888. The van der Waals surface area contributed by atoms with Crippen molar-refractivity contribution in [2.45, 2.75) is 0 Å². The maximum atomic E-state index is 5.23. The largest absolute Gasteiger partial charge is 0.254 e. The highest BCUT2D eigenvalue weighted by Gasteiger charge is 2.16. The lowest BCUT2D eigenvalue weighted by molar-refractivity contribution is 1.36. The van der Waals surface area contributed by atoms with E-state index in [0.717, 1.165) is 55.1 Å². The van der Waals surface area contributed by atoms with Crippen LogP contribution in [0.1, 0.15) is 0 Å². The molecule has 3 heterocycles. The van der Waals surface area contributed by atoms with E-state index in [-0.39, 0.29) is 0 Å². The molecule has 0 bridgehead atoms. The van der Waals surface area contributed by atoms with Crippen LogP contribution in [-0.2, 0) is 0 Å². The van der Waals surface area contributed by atoms with Crippen molar-refractivity contribution in [1.82, 2.24) is 15.0 Å². The Morgan fingerprint density at radius 3 is 1.77 bits per heavy atom. The average molecular weight is 383 g/mol. The van der Waals surface area contributed by atoms with E-state index in [9.17, 15) is 0 Å². The standard InChI is InChI=1S/C27H17N3/c1-3-9-18(10-4-1)22-17-23-20-13-7-15-28-26(20)27-21(14-8-16-29-27)25(23)30-24(22)19-11-5-2-6-12-19/h1-17H. The Morgan fingerprint density at radius 1 is 0.467 bits per heavy atom. The molecule has 0 aliphatic rings. The summed E-state index contributed by atoms with van der Waals surface area (Å²) in [5, 5.41) is 3.19. The summed E-state index contributed by atoms with van der Waals surface area (Å²) in [6.07, 6.45) is 3.64. The summed E-state index contributed by atoms with van der Waals surface area (Å²) in [5.74, 6) is 0. The van der Waals surface area contributed by atoms with E-state index in [2.05, 4.69) is 76.7 Å². The van der Waals surface area contributed by atoms with Gasteiger partial charge in [0.15, 0.2) is 0 Å². The summed E-state index contributed by atoms with van der Waals surface area (Å²) in [5.41, 5.74) is 7.09. The van der Waals surface area contributed by atoms with Crippen LogP contribution in [0.5, 0.6) is 0 Å². The number of hydrogen-bond acceptors (Lipinski definition) is 3. The predicted octanol–water partition coefficient (Wildman–Crippen LogP) is 6.67. The fraction of sp³-hybridized carbons (Fsp3) is 0. The summed E-state index contributed by atoms with van der Waals surface area (Å²) in [4.78, 5) is 14.5. The Labute approximate surface area is 173 Å². The highest BCUT2D eigenvalue weighted by atomic mass is 14.8. The molecule has 0 amide bonds. The van der Waals surface area contributed by atoms with Gasteiger partial charge >= 0.3 is 0 Å². The normalized spacial score (nSPS) is 11.3. The van der Waals surface area contributed by atoms with Gasteiger partial charge in [-0.25, -0.2) is 4.98 Å². The number of nitrogens with zero attached hydrogens (tertiary/aromatic N) is 3. The molecule has 140 valence electrons. The first-order valence-corrected chi connectivity index (χ1v) is 9.97. The molecule has 3 nitrogen and oxygen atoms in total. The molecule has 3 aromatic carbocycles. The fourth-order valence-electron chi connectivity index (χ4n) is 4.17. The molecule has 0 atom stereocenters. The van der Waals surface area contributed by atoms with Crippen molar-refractivity contribution in [1.29, 1.82) is 0 Å². The summed E-state index contributed by atoms with van der Waals surface area (Å²) in [6.45, 7) is 0. The van der Waals surface area contributed by atoms with Crippen molar-refractivity contribution < 1.29 is 0 Å². The molecule has 0 fully saturated rings. The molecule has 6 aromatic rings. The highest BCUT2D eigenvalue weighted by molar-refractivity contribution is 6.22. The first-order valence-electron chi connectivity index (χ1n) is 9.97. The Hall–Kier alpha value is -4.11. The van der Waals surface area contributed by atoms with Crippen LogP contribution in [0.4, 0.5) is 0 Å². The van der Waals surface area contributed by atoms with E-state index in [0.29, 0.717) is 0 Å². The van der Waals surface area contributed by atoms with Gasteiger partial charge in [0, 0.05) is 39.7 Å². The molecule has 0 saturated carbocycles. The van der Waals surface area contributed by atoms with Crippen molar-refractivity contribution in [3.8, 4) is 22.4 Å². The summed E-state index contributed by atoms with van der Waals surface area (Å²) in [7, 11) is 0. The van der Waals surface area contributed by atoms with Crippen LogP contribution in [0, 0.1) is 0 Å². The van der Waals surface area contributed by atoms with Gasteiger partial charge in [-0.05, 0) is 29.8 Å². The summed E-state index contributed by atoms with van der Waals surface area (Å²) < 4.78 is 0. The molecule has 0 unspecified atom stereocenters. The van der Waals surface area contributed by atoms with Gasteiger partial charge in [-0.15, -0.1) is 0 Å². The monoisotopic (exact) mass is 383 g/mol. The van der Waals surface area contributed by atoms with Gasteiger partial charge in [-0.2, -0.15) is 0 Å². The maximum Gasteiger partial charge on any atom is 0.0986 e. The number of aromatic nitrogens is 3. The molecule has 3 aromatic heterocycles. The molecule has 0 saturated heterocycles. The second-order valence-electron chi connectivity index (χ2n) is 7.31. The summed E-state index contributed by atoms with van der Waals surface area (Å²) in [6, 6.07) is 31.2. The molecular formula is C27H17N3. The Morgan fingerprint density at radius 2 is 1.07 bits per heavy atom. The number of hydrogen-bond donors (Lipinski definition) is 0. The second-order valence-corrected chi connectivity index (χ2v) is 7.31. The molecule has 6 rings (SSSR count). The third kappa shape index (κ3) is 2.56. The van der Waals surface area contributed by atoms with Crippen molar-refractivity contribution in [3.05, 3.63) is 103 Å². The Balaban J connectivity index is 1.83. The lowest BCUT2D eigenvalue weighted by Crippen LogP contribution is -1.95. The summed E-state index contributed by atoms with van der Waals surface area (Å²) >= 11 is 0. The lowest BCUT2D eigenvalue weighted by atomic mass is 9.95. The van der Waals surface area contributed by atoms with Crippen LogP contribution >= 0.6 is 0 Å². The van der Waals surface area contributed by atoms with Crippen molar-refractivity contribution >= 4 is 32.7 Å². The smallest absolute Gasteiger partial charge is 0.0986 e. The predicted molar refractivity (Wildman–Crippen MR) is 123 cm³/mol. The van der Waals surface area contributed by atoms with E-state index in [1.807, 2.05) is 36.7 Å². The molecule has 30 heavy (non-hydrogen) atoms. The molecule has 0 aliphatic heterocycles. The van der Waals surface area contributed by atoms with Crippen LogP contribution in [0.2, 0.25) is 0 Å². The van der Waals surface area contributed by atoms with Gasteiger partial charge in [0.2, 0.25) is 0 Å². The van der Waals surface area contributed by atoms with E-state index < -0.39 is 0 Å². The SMILES string of the molecule is c1ccc(-c2cc3c4cccnc4c4ncccc4c3nc2-c2ccccc2)cc1. The van der Waals surface area contributed by atoms with Gasteiger partial charge in [0.05, 0.1) is 22.2 Å². The topological polar surface area (TPSA) is 38.7 Å². The average Bonchev–Trinajstić information content (AvgIpc) is 2.84. The van der Waals surface area contributed by atoms with Gasteiger partial charge in [-0.3, -0.25) is 9.97 Å². The molecule has 0 aliphatic carbocycles. The van der Waals surface area contributed by atoms with Gasteiger partial charge in [-0.1, -0.05) is 66.7 Å². The first kappa shape index (κ1) is 16.8. The van der Waals surface area contributed by atoms with Crippen molar-refractivity contribution in [3.63, 3.8) is 0 Å². The molecule has 0 radical (unpaired) electrons. The van der Waals surface area contributed by atoms with Crippen LogP contribution < -0.4 is 0 Å². The lowest BCUT2D eigenvalue weighted by Gasteiger charge is -2.14. The van der Waals surface area contributed by atoms with E-state index in [1.54, 1.807) is 0 Å². The zero-order valence-electron chi connectivity index (χ0n) is 16.2. The third-order valence-electron chi connectivity index (χ3n) is 5.54. The van der Waals surface area contributed by atoms with Crippen molar-refractivity contribution in [2.24, 2.45) is 0 Å². The van der Waals surface area contributed by atoms with Crippen LogP contribution in [-0.4, -0.2) is 15.0 Å². The highest BCUT2D eigenvalue weighted by Crippen LogP contribution is 2.38. The third-order valence-corrected chi connectivity index (χ3v) is 5.54. The van der Waals surface area contributed by atoms with Crippen LogP contribution in [0.25, 0.3) is 55.1 Å². The van der Waals surface area contributed by atoms with Gasteiger partial charge < -0.3 is 0 Å². The Bertz CT molecular complexity index is 1410. The minimum absolute atomic E-state index is 0.888. The minimum Gasteiger partial charge on any atom is -0.254 e. The van der Waals surface area contributed by atoms with Gasteiger partial charge in [0.25, 0.3) is 0 Å². The Kier molecular flexibility index (Phi) is 3.78. The van der Waals surface area contributed by atoms with E-state index in [1.165, 1.54) is 0 Å². The van der Waals surface area contributed by atoms with E-state index >= 15 is 0 Å². The number of rotatable bonds is 2. The number of fused-ring (bicyclic) bond motifs is 6. The van der Waals surface area contributed by atoms with Crippen molar-refractivity contribution in [2.75, 3.05) is 0 Å². The second kappa shape index (κ2) is 6.75. The van der Waals surface area contributed by atoms with Crippen LogP contribution in [0.3, 0.4) is 0 Å². The molecule has 0 spiro atoms. The quantitative estimate of drug-likeness (QED) is 0.314. The first-order chi connectivity index (χ1) is 14.9. The molecular weight excluding hydrogens is 366 g/mol. The number of pyridine rings is 3. The zero-order chi connectivity index (χ0) is 19.9. The van der Waals surface area contributed by atoms with Crippen LogP contribution in [0.15, 0.2) is 103 Å². The zero-order valence-corrected chi connectivity index (χ0v) is 16.2. The fourth-order valence-corrected chi connectivity index (χ4v) is 4.17. The maximum absolute atomic E-state index is 5.23. The molecule has 3 heteroatoms. The number of benzene rings is 3.